The third-order valence-corrected chi connectivity index (χ3v) is 8.62. The van der Waals surface area contributed by atoms with Gasteiger partial charge in [0.15, 0.2) is 11.6 Å². The Kier molecular flexibility index (Phi) is 7.89. The lowest BCUT2D eigenvalue weighted by molar-refractivity contribution is 0.000135. The number of piperazine rings is 1. The van der Waals surface area contributed by atoms with E-state index >= 15 is 0 Å². The lowest BCUT2D eigenvalue weighted by atomic mass is 10.1. The first-order valence-electron chi connectivity index (χ1n) is 14.6. The predicted molar refractivity (Wildman–Crippen MR) is 157 cm³/mol. The fourth-order valence-corrected chi connectivity index (χ4v) is 5.96. The second-order valence-electron chi connectivity index (χ2n) is 11.5. The smallest absolute Gasteiger partial charge is 0.277 e. The van der Waals surface area contributed by atoms with Crippen molar-refractivity contribution in [2.75, 3.05) is 47.9 Å². The Morgan fingerprint density at radius 1 is 0.976 bits per heavy atom. The lowest BCUT2D eigenvalue weighted by Gasteiger charge is -2.38. The maximum Gasteiger partial charge on any atom is 0.277 e. The number of aryl methyl sites for hydroxylation is 1. The van der Waals surface area contributed by atoms with Crippen LogP contribution in [-0.4, -0.2) is 83.2 Å². The number of oxazole rings is 1. The molecule has 11 heteroatoms. The number of hydrogen-bond acceptors (Lipinski definition) is 9. The zero-order valence-electron chi connectivity index (χ0n) is 23.6. The summed E-state index contributed by atoms with van der Waals surface area (Å²) < 4.78 is 5.52. The molecule has 11 nitrogen and oxygen atoms in total. The summed E-state index contributed by atoms with van der Waals surface area (Å²) in [6.07, 6.45) is 1.34. The summed E-state index contributed by atoms with van der Waals surface area (Å²) >= 11 is 0. The summed E-state index contributed by atoms with van der Waals surface area (Å²) in [5, 5.41) is 35.7. The molecule has 0 radical (unpaired) electrons. The van der Waals surface area contributed by atoms with Crippen LogP contribution in [0.4, 0.5) is 17.1 Å². The molecule has 2 heterocycles. The van der Waals surface area contributed by atoms with E-state index in [0.717, 1.165) is 31.6 Å². The number of nitrogens with one attached hydrogen (secondary N) is 2. The van der Waals surface area contributed by atoms with Crippen molar-refractivity contribution in [3.8, 4) is 0 Å². The van der Waals surface area contributed by atoms with Crippen molar-refractivity contribution in [2.45, 2.75) is 50.4 Å². The fraction of sp³-hybridized carbons (Fsp3) is 0.452. The van der Waals surface area contributed by atoms with Gasteiger partial charge in [-0.15, -0.1) is 0 Å². The van der Waals surface area contributed by atoms with Crippen LogP contribution in [0.2, 0.25) is 0 Å². The Hall–Kier alpha value is -3.93. The second-order valence-corrected chi connectivity index (χ2v) is 11.5. The number of carbonyl (C=O) groups excluding carboxylic acids is 2. The molecule has 4 atom stereocenters. The minimum atomic E-state index is -1.18. The van der Waals surface area contributed by atoms with Crippen molar-refractivity contribution in [1.82, 2.24) is 10.3 Å². The molecule has 1 aromatic heterocycles. The molecule has 0 spiro atoms. The summed E-state index contributed by atoms with van der Waals surface area (Å²) in [7, 11) is 0. The Labute approximate surface area is 244 Å². The molecule has 1 saturated heterocycles. The monoisotopic (exact) mass is 575 g/mol. The highest BCUT2D eigenvalue weighted by atomic mass is 16.3. The van der Waals surface area contributed by atoms with Gasteiger partial charge in [0.05, 0.1) is 23.5 Å². The van der Waals surface area contributed by atoms with Crippen LogP contribution in [0.25, 0.3) is 0 Å². The highest BCUT2D eigenvalue weighted by Gasteiger charge is 2.42. The third kappa shape index (κ3) is 5.72. The molecule has 2 aromatic carbocycles. The standard InChI is InChI=1S/C31H37N5O6/c1-18-4-2-3-5-25(18)35-10-12-36(13-11-35)26-9-8-20(29(40)33-23-15-21(16-37)27(38)28(23)39)14-22(26)32-30(41)24-17-42-31(34-24)19-6-7-19/h2-5,8-9,14,17,19,21,23,27-28,37-39H,6-7,10-13,15-16H2,1H3,(H,32,41)(H,33,40)/t21-,23-,27-,28+/m1/s1. The number of amides is 2. The van der Waals surface area contributed by atoms with Crippen LogP contribution in [0.15, 0.2) is 53.1 Å². The van der Waals surface area contributed by atoms with Crippen molar-refractivity contribution < 1.29 is 29.3 Å². The molecule has 3 aromatic rings. The van der Waals surface area contributed by atoms with E-state index < -0.39 is 36.0 Å². The van der Waals surface area contributed by atoms with E-state index in [9.17, 15) is 24.9 Å². The minimum Gasteiger partial charge on any atom is -0.448 e. The molecular weight excluding hydrogens is 538 g/mol. The number of nitrogens with zero attached hydrogens (tertiary/aromatic N) is 3. The normalized spacial score (nSPS) is 24.1. The van der Waals surface area contributed by atoms with Crippen molar-refractivity contribution in [2.24, 2.45) is 5.92 Å². The van der Waals surface area contributed by atoms with Gasteiger partial charge in [0.25, 0.3) is 11.8 Å². The summed E-state index contributed by atoms with van der Waals surface area (Å²) in [6.45, 7) is 4.84. The van der Waals surface area contributed by atoms with Gasteiger partial charge in [0, 0.05) is 55.9 Å². The molecule has 3 aliphatic rings. The molecule has 6 rings (SSSR count). The van der Waals surface area contributed by atoms with Crippen molar-refractivity contribution >= 4 is 28.9 Å². The number of benzene rings is 2. The van der Waals surface area contributed by atoms with Crippen LogP contribution in [0.5, 0.6) is 0 Å². The number of para-hydroxylation sites is 1. The first kappa shape index (κ1) is 28.2. The summed E-state index contributed by atoms with van der Waals surface area (Å²) in [5.74, 6) is -0.548. The number of hydrogen-bond donors (Lipinski definition) is 5. The maximum absolute atomic E-state index is 13.2. The minimum absolute atomic E-state index is 0.181. The molecule has 2 saturated carbocycles. The third-order valence-electron chi connectivity index (χ3n) is 8.62. The number of rotatable bonds is 8. The Morgan fingerprint density at radius 3 is 2.36 bits per heavy atom. The SMILES string of the molecule is Cc1ccccc1N1CCN(c2ccc(C(=O)N[C@@H]3C[C@H](CO)[C@@H](O)[C@H]3O)cc2NC(=O)c2coc(C3CC3)n2)CC1. The van der Waals surface area contributed by atoms with Crippen LogP contribution in [0.3, 0.4) is 0 Å². The van der Waals surface area contributed by atoms with E-state index in [0.29, 0.717) is 30.2 Å². The van der Waals surface area contributed by atoms with Crippen LogP contribution in [-0.2, 0) is 0 Å². The van der Waals surface area contributed by atoms with E-state index in [2.05, 4.69) is 44.5 Å². The summed E-state index contributed by atoms with van der Waals surface area (Å²) in [5.41, 5.74) is 4.15. The molecule has 222 valence electrons. The maximum atomic E-state index is 13.2. The van der Waals surface area contributed by atoms with Crippen LogP contribution >= 0.6 is 0 Å². The highest BCUT2D eigenvalue weighted by molar-refractivity contribution is 6.06. The van der Waals surface area contributed by atoms with Gasteiger partial charge < -0.3 is 40.2 Å². The molecular formula is C31H37N5O6. The molecule has 0 bridgehead atoms. The Morgan fingerprint density at radius 2 is 1.69 bits per heavy atom. The number of carbonyl (C=O) groups is 2. The average molecular weight is 576 g/mol. The number of aliphatic hydroxyl groups is 3. The van der Waals surface area contributed by atoms with E-state index in [1.54, 1.807) is 12.1 Å². The van der Waals surface area contributed by atoms with Gasteiger partial charge in [-0.2, -0.15) is 0 Å². The van der Waals surface area contributed by atoms with Gasteiger partial charge in [0.2, 0.25) is 0 Å². The van der Waals surface area contributed by atoms with Gasteiger partial charge in [-0.05, 0) is 56.0 Å². The molecule has 2 aliphatic carbocycles. The average Bonchev–Trinajstić information content (AvgIpc) is 3.67. The summed E-state index contributed by atoms with van der Waals surface area (Å²) in [4.78, 5) is 35.4. The van der Waals surface area contributed by atoms with Gasteiger partial charge in [0.1, 0.15) is 12.4 Å². The molecule has 0 unspecified atom stereocenters. The number of aliphatic hydroxyl groups excluding tert-OH is 3. The fourth-order valence-electron chi connectivity index (χ4n) is 5.96. The second kappa shape index (κ2) is 11.7. The van der Waals surface area contributed by atoms with Gasteiger partial charge >= 0.3 is 0 Å². The zero-order valence-corrected chi connectivity index (χ0v) is 23.6. The zero-order chi connectivity index (χ0) is 29.4. The van der Waals surface area contributed by atoms with Crippen LogP contribution in [0.1, 0.15) is 57.5 Å². The first-order valence-corrected chi connectivity index (χ1v) is 14.6. The molecule has 42 heavy (non-hydrogen) atoms. The Balaban J connectivity index is 1.22. The molecule has 2 amide bonds. The van der Waals surface area contributed by atoms with Crippen LogP contribution < -0.4 is 20.4 Å². The predicted octanol–water partition coefficient (Wildman–Crippen LogP) is 2.27. The van der Waals surface area contributed by atoms with Crippen molar-refractivity contribution in [3.63, 3.8) is 0 Å². The molecule has 5 N–H and O–H groups in total. The lowest BCUT2D eigenvalue weighted by Crippen LogP contribution is -2.47. The molecule has 1 aliphatic heterocycles. The topological polar surface area (TPSA) is 151 Å². The van der Waals surface area contributed by atoms with Crippen molar-refractivity contribution in [1.29, 1.82) is 0 Å². The largest absolute Gasteiger partial charge is 0.448 e. The highest BCUT2D eigenvalue weighted by Crippen LogP contribution is 2.39. The van der Waals surface area contributed by atoms with E-state index in [4.69, 9.17) is 4.42 Å². The van der Waals surface area contributed by atoms with Gasteiger partial charge in [-0.1, -0.05) is 18.2 Å². The first-order chi connectivity index (χ1) is 20.3. The number of anilines is 3. The Bertz CT molecular complexity index is 1450. The quantitative estimate of drug-likeness (QED) is 0.272. The van der Waals surface area contributed by atoms with E-state index in [1.807, 2.05) is 18.2 Å². The van der Waals surface area contributed by atoms with Crippen molar-refractivity contribution in [3.05, 3.63) is 71.4 Å². The van der Waals surface area contributed by atoms with E-state index in [-0.39, 0.29) is 24.6 Å². The van der Waals surface area contributed by atoms with E-state index in [1.165, 1.54) is 17.5 Å². The molecule has 3 fully saturated rings. The number of aromatic nitrogens is 1. The van der Waals surface area contributed by atoms with Crippen LogP contribution in [0, 0.1) is 12.8 Å². The van der Waals surface area contributed by atoms with Gasteiger partial charge in [-0.25, -0.2) is 4.98 Å². The summed E-state index contributed by atoms with van der Waals surface area (Å²) in [6, 6.07) is 12.7. The van der Waals surface area contributed by atoms with Gasteiger partial charge in [-0.3, -0.25) is 9.59 Å².